The van der Waals surface area contributed by atoms with E-state index in [9.17, 15) is 14.4 Å². The summed E-state index contributed by atoms with van der Waals surface area (Å²) in [4.78, 5) is 47.7. The van der Waals surface area contributed by atoms with Gasteiger partial charge in [-0.05, 0) is 37.2 Å². The van der Waals surface area contributed by atoms with E-state index in [1.165, 1.54) is 0 Å². The first kappa shape index (κ1) is 35.5. The highest BCUT2D eigenvalue weighted by atomic mass is 32.1. The van der Waals surface area contributed by atoms with Crippen LogP contribution in [0.15, 0.2) is 0 Å². The molecule has 3 amide bonds. The van der Waals surface area contributed by atoms with Gasteiger partial charge in [-0.3, -0.25) is 14.9 Å². The molecule has 8 N–H and O–H groups in total. The summed E-state index contributed by atoms with van der Waals surface area (Å²) in [5.41, 5.74) is 5.17. The van der Waals surface area contributed by atoms with Crippen molar-refractivity contribution in [1.82, 2.24) is 16.8 Å². The number of nitrogens with two attached hydrogens (primary N) is 1. The van der Waals surface area contributed by atoms with E-state index in [2.05, 4.69) is 35.9 Å². The van der Waals surface area contributed by atoms with Crippen molar-refractivity contribution < 1.29 is 29.1 Å². The van der Waals surface area contributed by atoms with Crippen LogP contribution in [0.25, 0.3) is 0 Å². The third-order valence-corrected chi connectivity index (χ3v) is 3.13. The Morgan fingerprint density at radius 3 is 1.96 bits per heavy atom. The van der Waals surface area contributed by atoms with Crippen LogP contribution in [0.1, 0.15) is 40.5 Å². The second-order valence-corrected chi connectivity index (χ2v) is 5.17. The normalized spacial score (nSPS) is 14.7. The molecule has 1 fully saturated rings. The van der Waals surface area contributed by atoms with Crippen molar-refractivity contribution in [3.05, 3.63) is 0 Å². The Morgan fingerprint density at radius 2 is 1.65 bits per heavy atom. The fraction of sp³-hybridized carbons (Fsp3) is 0.714. The van der Waals surface area contributed by atoms with Gasteiger partial charge >= 0.3 is 18.2 Å². The molecule has 2 atom stereocenters. The number of carboxylic acids is 1. The van der Waals surface area contributed by atoms with Gasteiger partial charge in [0.15, 0.2) is 0 Å². The van der Waals surface area contributed by atoms with Crippen molar-refractivity contribution in [3.8, 4) is 0 Å². The highest BCUT2D eigenvalue weighted by molar-refractivity contribution is 7.80. The molecule has 10 nitrogen and oxygen atoms in total. The fourth-order valence-electron chi connectivity index (χ4n) is 1.39. The van der Waals surface area contributed by atoms with E-state index in [-0.39, 0.29) is 45.1 Å². The number of rotatable bonds is 7. The van der Waals surface area contributed by atoms with E-state index in [0.717, 1.165) is 18.6 Å². The van der Waals surface area contributed by atoms with Gasteiger partial charge in [0.2, 0.25) is 0 Å². The number of thiol groups is 2. The molecule has 0 aliphatic carbocycles. The summed E-state index contributed by atoms with van der Waals surface area (Å²) in [6, 6.07) is -1.44. The van der Waals surface area contributed by atoms with E-state index in [0.29, 0.717) is 18.6 Å². The molecule has 12 heteroatoms. The van der Waals surface area contributed by atoms with Crippen LogP contribution >= 0.6 is 25.3 Å². The lowest BCUT2D eigenvalue weighted by Gasteiger charge is -2.03. The standard InChI is InChI=1S/C6H10N2O2S.C5H11NO2S.CO2.2CH4.H3N/c9-5-4(2-1-3-11)7-6(10)8-5;6-4(5(7)8)2-1-3-9;2-1-3;;;/h4,11H,1-3H2,(H2,7,8,9,10);4,9H,1-3,6H2,(H,7,8);;2*1H4;1H3. The van der Waals surface area contributed by atoms with Gasteiger partial charge in [0, 0.05) is 0 Å². The van der Waals surface area contributed by atoms with Crippen molar-refractivity contribution in [1.29, 1.82) is 0 Å². The molecule has 0 aromatic carbocycles. The van der Waals surface area contributed by atoms with Gasteiger partial charge in [-0.25, -0.2) is 4.79 Å². The number of amides is 3. The minimum atomic E-state index is -0.934. The molecule has 156 valence electrons. The number of carbonyl (C=O) groups is 3. The maximum Gasteiger partial charge on any atom is 0.373 e. The zero-order chi connectivity index (χ0) is 18.3. The third kappa shape index (κ3) is 20.5. The molecule has 0 spiro atoms. The first-order valence-corrected chi connectivity index (χ1v) is 7.91. The van der Waals surface area contributed by atoms with Crippen molar-refractivity contribution in [3.63, 3.8) is 0 Å². The van der Waals surface area contributed by atoms with Crippen LogP contribution in [-0.4, -0.2) is 52.8 Å². The largest absolute Gasteiger partial charge is 0.480 e. The number of carbonyl (C=O) groups excluding carboxylic acids is 4. The second-order valence-electron chi connectivity index (χ2n) is 4.28. The number of aliphatic carboxylic acids is 1. The van der Waals surface area contributed by atoms with Gasteiger partial charge < -0.3 is 22.3 Å². The molecule has 0 saturated carbocycles. The first-order chi connectivity index (χ1) is 10.8. The van der Waals surface area contributed by atoms with Gasteiger partial charge in [0.05, 0.1) is 0 Å². The first-order valence-electron chi connectivity index (χ1n) is 6.64. The minimum Gasteiger partial charge on any atom is -0.480 e. The van der Waals surface area contributed by atoms with E-state index in [1.54, 1.807) is 0 Å². The summed E-state index contributed by atoms with van der Waals surface area (Å²) in [5, 5.41) is 12.9. The maximum absolute atomic E-state index is 10.9. The van der Waals surface area contributed by atoms with Crippen LogP contribution in [0.5, 0.6) is 0 Å². The monoisotopic (exact) mass is 416 g/mol. The van der Waals surface area contributed by atoms with Gasteiger partial charge in [-0.2, -0.15) is 34.8 Å². The van der Waals surface area contributed by atoms with E-state index < -0.39 is 12.0 Å². The van der Waals surface area contributed by atoms with Crippen LogP contribution in [-0.2, 0) is 19.2 Å². The molecule has 0 bridgehead atoms. The lowest BCUT2D eigenvalue weighted by molar-refractivity contribution is -0.191. The molecule has 26 heavy (non-hydrogen) atoms. The van der Waals surface area contributed by atoms with Crippen LogP contribution in [0, 0.1) is 0 Å². The lowest BCUT2D eigenvalue weighted by atomic mass is 10.2. The van der Waals surface area contributed by atoms with Gasteiger partial charge in [-0.15, -0.1) is 0 Å². The Bertz CT molecular complexity index is 420. The average Bonchev–Trinajstić information content (AvgIpc) is 2.81. The molecule has 1 rings (SSSR count). The Hall–Kier alpha value is -1.59. The van der Waals surface area contributed by atoms with E-state index >= 15 is 0 Å². The highest BCUT2D eigenvalue weighted by Gasteiger charge is 2.28. The highest BCUT2D eigenvalue weighted by Crippen LogP contribution is 2.02. The summed E-state index contributed by atoms with van der Waals surface area (Å²) in [6.45, 7) is 0. The summed E-state index contributed by atoms with van der Waals surface area (Å²) in [5.74, 6) is 0.272. The molecule has 1 heterocycles. The zero-order valence-corrected chi connectivity index (χ0v) is 14.9. The maximum atomic E-state index is 10.9. The van der Waals surface area contributed by atoms with Crippen molar-refractivity contribution >= 4 is 49.3 Å². The molecular formula is C14H32N4O6S2. The number of hydrogen-bond donors (Lipinski definition) is 7. The number of nitrogens with one attached hydrogen (secondary N) is 2. The molecule has 0 aromatic rings. The molecule has 1 aliphatic rings. The van der Waals surface area contributed by atoms with Crippen LogP contribution in [0.4, 0.5) is 4.79 Å². The molecule has 2 unspecified atom stereocenters. The van der Waals surface area contributed by atoms with Crippen molar-refractivity contribution in [2.24, 2.45) is 5.73 Å². The quantitative estimate of drug-likeness (QED) is 0.235. The Labute approximate surface area is 165 Å². The summed E-state index contributed by atoms with van der Waals surface area (Å²) >= 11 is 7.92. The minimum absolute atomic E-state index is 0. The number of hydrogen-bond acceptors (Lipinski definition) is 9. The molecular weight excluding hydrogens is 384 g/mol. The fourth-order valence-corrected chi connectivity index (χ4v) is 1.76. The SMILES string of the molecule is C.C.N.NC(CCCS)C(=O)O.O=C1NC(=O)C(CCCS)N1.O=C=O. The number of urea groups is 1. The smallest absolute Gasteiger partial charge is 0.373 e. The van der Waals surface area contributed by atoms with E-state index in [1.807, 2.05) is 0 Å². The van der Waals surface area contributed by atoms with Crippen molar-refractivity contribution in [2.75, 3.05) is 11.5 Å². The van der Waals surface area contributed by atoms with E-state index in [4.69, 9.17) is 20.4 Å². The van der Waals surface area contributed by atoms with Crippen molar-refractivity contribution in [2.45, 2.75) is 52.6 Å². The van der Waals surface area contributed by atoms with Gasteiger partial charge in [-0.1, -0.05) is 14.9 Å². The Morgan fingerprint density at radius 1 is 1.19 bits per heavy atom. The van der Waals surface area contributed by atoms with Crippen LogP contribution in [0.2, 0.25) is 0 Å². The predicted molar refractivity (Wildman–Crippen MR) is 106 cm³/mol. The average molecular weight is 417 g/mol. The van der Waals surface area contributed by atoms with Gasteiger partial charge in [0.1, 0.15) is 12.1 Å². The number of imide groups is 1. The van der Waals surface area contributed by atoms with Crippen LogP contribution < -0.4 is 22.5 Å². The lowest BCUT2D eigenvalue weighted by Crippen LogP contribution is -2.29. The zero-order valence-electron chi connectivity index (χ0n) is 13.1. The van der Waals surface area contributed by atoms with Crippen LogP contribution in [0.3, 0.4) is 0 Å². The Balaban J connectivity index is -0.0000000904. The molecule has 1 aliphatic heterocycles. The number of carboxylic acid groups (broad SMARTS) is 1. The molecule has 1 saturated heterocycles. The predicted octanol–water partition coefficient (Wildman–Crippen LogP) is 0.863. The van der Waals surface area contributed by atoms with Gasteiger partial charge in [0.25, 0.3) is 5.91 Å². The summed E-state index contributed by atoms with van der Waals surface area (Å²) < 4.78 is 0. The Kier molecular flexibility index (Phi) is 32.0. The topological polar surface area (TPSA) is 191 Å². The summed E-state index contributed by atoms with van der Waals surface area (Å²) in [6.07, 6.45) is 3.03. The second kappa shape index (κ2) is 23.4. The molecule has 0 radical (unpaired) electrons. The molecule has 0 aromatic heterocycles. The summed E-state index contributed by atoms with van der Waals surface area (Å²) in [7, 11) is 0. The third-order valence-electron chi connectivity index (χ3n) is 2.50.